The van der Waals surface area contributed by atoms with E-state index in [0.29, 0.717) is 17.5 Å². The van der Waals surface area contributed by atoms with Gasteiger partial charge in [-0.15, -0.1) is 0 Å². The first-order valence-corrected chi connectivity index (χ1v) is 19.1. The van der Waals surface area contributed by atoms with Crippen molar-refractivity contribution in [1.82, 2.24) is 15.0 Å². The molecule has 0 aliphatic heterocycles. The molecule has 4 nitrogen and oxygen atoms in total. The first-order valence-electron chi connectivity index (χ1n) is 17.3. The zero-order valence-corrected chi connectivity index (χ0v) is 29.5. The van der Waals surface area contributed by atoms with Gasteiger partial charge in [-0.2, -0.15) is 0 Å². The number of aromatic nitrogens is 3. The van der Waals surface area contributed by atoms with Gasteiger partial charge in [-0.1, -0.05) is 60.7 Å². The Hall–Kier alpha value is -6.39. The number of fused-ring (bicyclic) bond motifs is 10. The summed E-state index contributed by atoms with van der Waals surface area (Å²) in [6.45, 7) is 0. The maximum absolute atomic E-state index is 6.24. The topological polar surface area (TPSA) is 51.8 Å². The molecule has 0 fully saturated rings. The molecule has 52 heavy (non-hydrogen) atoms. The number of para-hydroxylation sites is 1. The number of benzene rings is 8. The third-order valence-corrected chi connectivity index (χ3v) is 12.6. The summed E-state index contributed by atoms with van der Waals surface area (Å²) in [6.07, 6.45) is 0. The fourth-order valence-electron chi connectivity index (χ4n) is 7.64. The molecule has 3 heterocycles. The van der Waals surface area contributed by atoms with Crippen LogP contribution < -0.4 is 0 Å². The molecule has 0 aliphatic carbocycles. The molecule has 0 amide bonds. The Kier molecular flexibility index (Phi) is 6.53. The molecule has 0 saturated heterocycles. The molecule has 3 aromatic heterocycles. The van der Waals surface area contributed by atoms with Gasteiger partial charge in [0.25, 0.3) is 0 Å². The summed E-state index contributed by atoms with van der Waals surface area (Å²) < 4.78 is 9.18. The molecular formula is C47H27N3OSe. The van der Waals surface area contributed by atoms with E-state index in [2.05, 4.69) is 103 Å². The SMILES string of the molecule is c1ccc(-c2nc(-c3cccc(-c4ccc5ccc6ccc7c8ccccc8[se]c7c6c5c4)c3)nc(-c3cccc4oc5ccccc5c34)n2)cc1. The van der Waals surface area contributed by atoms with E-state index >= 15 is 0 Å². The van der Waals surface area contributed by atoms with Gasteiger partial charge in [0.1, 0.15) is 11.2 Å². The molecule has 11 rings (SSSR count). The summed E-state index contributed by atoms with van der Waals surface area (Å²) in [4.78, 5) is 15.3. The summed E-state index contributed by atoms with van der Waals surface area (Å²) in [7, 11) is 0. The zero-order valence-electron chi connectivity index (χ0n) is 27.7. The quantitative estimate of drug-likeness (QED) is 0.134. The molecule has 0 aliphatic rings. The van der Waals surface area contributed by atoms with Gasteiger partial charge in [0.2, 0.25) is 0 Å². The molecule has 0 radical (unpaired) electrons. The molecule has 0 spiro atoms. The van der Waals surface area contributed by atoms with Crippen molar-refractivity contribution < 1.29 is 4.42 Å². The van der Waals surface area contributed by atoms with Gasteiger partial charge in [0, 0.05) is 10.8 Å². The molecule has 0 atom stereocenters. The van der Waals surface area contributed by atoms with E-state index in [1.165, 1.54) is 40.8 Å². The number of nitrogens with zero attached hydrogens (tertiary/aromatic N) is 3. The Bertz CT molecular complexity index is 3200. The Morgan fingerprint density at radius 1 is 0.385 bits per heavy atom. The number of furan rings is 1. The molecule has 0 N–H and O–H groups in total. The fourth-order valence-corrected chi connectivity index (χ4v) is 10.3. The summed E-state index contributed by atoms with van der Waals surface area (Å²) in [5.74, 6) is 1.87. The van der Waals surface area contributed by atoms with Gasteiger partial charge >= 0.3 is 207 Å². The van der Waals surface area contributed by atoms with Crippen molar-refractivity contribution in [2.45, 2.75) is 0 Å². The molecule has 0 saturated carbocycles. The van der Waals surface area contributed by atoms with Crippen molar-refractivity contribution in [3.8, 4) is 45.3 Å². The fraction of sp³-hybridized carbons (Fsp3) is 0. The first kappa shape index (κ1) is 29.4. The van der Waals surface area contributed by atoms with E-state index in [9.17, 15) is 0 Å². The molecule has 11 aromatic rings. The molecule has 0 bridgehead atoms. The molecule has 8 aromatic carbocycles. The van der Waals surface area contributed by atoms with Crippen LogP contribution in [0.2, 0.25) is 0 Å². The van der Waals surface area contributed by atoms with Crippen LogP contribution in [0.5, 0.6) is 0 Å². The van der Waals surface area contributed by atoms with E-state index in [1.807, 2.05) is 60.7 Å². The monoisotopic (exact) mass is 729 g/mol. The van der Waals surface area contributed by atoms with Crippen molar-refractivity contribution in [2.75, 3.05) is 0 Å². The van der Waals surface area contributed by atoms with Crippen LogP contribution in [-0.2, 0) is 0 Å². The van der Waals surface area contributed by atoms with E-state index in [0.717, 1.165) is 49.8 Å². The minimum atomic E-state index is 0.259. The predicted octanol–water partition coefficient (Wildman–Crippen LogP) is 12.1. The standard InChI is InChI=1S/C47H27N3OSe/c1-2-10-30(11-3-1)45-48-46(50-47(49-45)37-16-9-18-40-43(37)36-15-4-6-17-39(36)51-40)33-13-8-12-31(26-33)32-23-21-28-20-22-29-24-25-35-34-14-5-7-19-41(34)52-44(35)42(29)38(28)27-32/h1-27H. The Labute approximate surface area is 304 Å². The van der Waals surface area contributed by atoms with Crippen LogP contribution in [0.1, 0.15) is 0 Å². The van der Waals surface area contributed by atoms with Crippen LogP contribution >= 0.6 is 0 Å². The maximum atomic E-state index is 6.24. The third kappa shape index (κ3) is 4.64. The van der Waals surface area contributed by atoms with Crippen molar-refractivity contribution >= 4 is 77.3 Å². The van der Waals surface area contributed by atoms with Gasteiger partial charge in [0.05, 0.1) is 0 Å². The predicted molar refractivity (Wildman–Crippen MR) is 216 cm³/mol. The third-order valence-electron chi connectivity index (χ3n) is 10.1. The van der Waals surface area contributed by atoms with Crippen LogP contribution in [0.3, 0.4) is 0 Å². The second-order valence-corrected chi connectivity index (χ2v) is 15.4. The van der Waals surface area contributed by atoms with Gasteiger partial charge in [-0.25, -0.2) is 0 Å². The van der Waals surface area contributed by atoms with Crippen molar-refractivity contribution in [3.63, 3.8) is 0 Å². The number of hydrogen-bond donors (Lipinski definition) is 0. The zero-order chi connectivity index (χ0) is 34.2. The number of hydrogen-bond acceptors (Lipinski definition) is 4. The molecule has 0 unspecified atom stereocenters. The van der Waals surface area contributed by atoms with Crippen LogP contribution in [-0.4, -0.2) is 29.5 Å². The minimum absolute atomic E-state index is 0.259. The smallest absolute Gasteiger partial charge is 0.456 e. The summed E-state index contributed by atoms with van der Waals surface area (Å²) in [5, 5.41) is 10.0. The van der Waals surface area contributed by atoms with Gasteiger partial charge in [-0.05, 0) is 12.1 Å². The average Bonchev–Trinajstić information content (AvgIpc) is 3.79. The van der Waals surface area contributed by atoms with Gasteiger partial charge < -0.3 is 4.42 Å². The second kappa shape index (κ2) is 11.6. The minimum Gasteiger partial charge on any atom is -0.456 e. The van der Waals surface area contributed by atoms with Crippen LogP contribution in [0.4, 0.5) is 0 Å². The summed E-state index contributed by atoms with van der Waals surface area (Å²) >= 11 is 0.259. The van der Waals surface area contributed by atoms with Crippen LogP contribution in [0, 0.1) is 0 Å². The van der Waals surface area contributed by atoms with Crippen LogP contribution in [0.15, 0.2) is 168 Å². The normalized spacial score (nSPS) is 11.8. The van der Waals surface area contributed by atoms with E-state index in [1.54, 1.807) is 0 Å². The van der Waals surface area contributed by atoms with Gasteiger partial charge in [-0.3, -0.25) is 0 Å². The molecule has 5 heteroatoms. The van der Waals surface area contributed by atoms with E-state index in [4.69, 9.17) is 19.4 Å². The molecular weight excluding hydrogens is 701 g/mol. The average molecular weight is 729 g/mol. The Morgan fingerprint density at radius 3 is 1.96 bits per heavy atom. The summed E-state index contributed by atoms with van der Waals surface area (Å²) in [6, 6.07) is 57.8. The van der Waals surface area contributed by atoms with E-state index in [-0.39, 0.29) is 14.5 Å². The number of rotatable bonds is 4. The summed E-state index contributed by atoms with van der Waals surface area (Å²) in [5.41, 5.74) is 6.71. The Morgan fingerprint density at radius 2 is 1.04 bits per heavy atom. The van der Waals surface area contributed by atoms with Crippen LogP contribution in [0.25, 0.3) is 108 Å². The molecule has 242 valence electrons. The second-order valence-electron chi connectivity index (χ2n) is 13.2. The van der Waals surface area contributed by atoms with Crippen molar-refractivity contribution in [2.24, 2.45) is 0 Å². The van der Waals surface area contributed by atoms with E-state index < -0.39 is 0 Å². The first-order chi connectivity index (χ1) is 25.7. The van der Waals surface area contributed by atoms with Crippen molar-refractivity contribution in [3.05, 3.63) is 164 Å². The van der Waals surface area contributed by atoms with Crippen molar-refractivity contribution in [1.29, 1.82) is 0 Å². The Balaban J connectivity index is 1.10. The van der Waals surface area contributed by atoms with Gasteiger partial charge in [0.15, 0.2) is 0 Å².